The summed E-state index contributed by atoms with van der Waals surface area (Å²) in [4.78, 5) is 13.4. The number of para-hydroxylation sites is 2. The second kappa shape index (κ2) is 11.4. The second-order valence-corrected chi connectivity index (χ2v) is 8.56. The molecule has 1 atom stereocenters. The molecule has 32 heavy (non-hydrogen) atoms. The van der Waals surface area contributed by atoms with Crippen LogP contribution >= 0.6 is 0 Å². The fourth-order valence-corrected chi connectivity index (χ4v) is 3.82. The van der Waals surface area contributed by atoms with Gasteiger partial charge in [-0.15, -0.1) is 0 Å². The Bertz CT molecular complexity index is 1010. The number of benzene rings is 3. The molecule has 0 aliphatic heterocycles. The summed E-state index contributed by atoms with van der Waals surface area (Å²) < 4.78 is 5.78. The molecular weight excluding hydrogens is 398 g/mol. The highest BCUT2D eigenvalue weighted by atomic mass is 16.5. The molecule has 0 fully saturated rings. The Hall–Kier alpha value is -3.27. The van der Waals surface area contributed by atoms with Gasteiger partial charge in [0.05, 0.1) is 6.04 Å². The van der Waals surface area contributed by atoms with E-state index in [1.807, 2.05) is 42.5 Å². The van der Waals surface area contributed by atoms with Crippen molar-refractivity contribution in [3.05, 3.63) is 95.1 Å². The number of aromatic hydroxyl groups is 1. The summed E-state index contributed by atoms with van der Waals surface area (Å²) in [5.74, 6) is 0.922. The second-order valence-electron chi connectivity index (χ2n) is 8.56. The van der Waals surface area contributed by atoms with Crippen LogP contribution in [0.15, 0.2) is 72.8 Å². The number of amides is 1. The summed E-state index contributed by atoms with van der Waals surface area (Å²) in [6.45, 7) is 6.73. The smallest absolute Gasteiger partial charge is 0.252 e. The van der Waals surface area contributed by atoms with E-state index in [9.17, 15) is 9.90 Å². The van der Waals surface area contributed by atoms with E-state index in [1.165, 1.54) is 0 Å². The van der Waals surface area contributed by atoms with Crippen molar-refractivity contribution in [3.63, 3.8) is 0 Å². The molecule has 0 heterocycles. The largest absolute Gasteiger partial charge is 0.504 e. The van der Waals surface area contributed by atoms with Gasteiger partial charge in [0.15, 0.2) is 11.5 Å². The highest BCUT2D eigenvalue weighted by Crippen LogP contribution is 2.26. The van der Waals surface area contributed by atoms with Gasteiger partial charge in [-0.3, -0.25) is 4.79 Å². The first-order valence-electron chi connectivity index (χ1n) is 11.4. The van der Waals surface area contributed by atoms with Crippen molar-refractivity contribution in [1.82, 2.24) is 5.32 Å². The molecule has 0 aliphatic carbocycles. The summed E-state index contributed by atoms with van der Waals surface area (Å²) in [6.07, 6.45) is 2.67. The van der Waals surface area contributed by atoms with E-state index in [0.717, 1.165) is 36.0 Å². The molecule has 0 aromatic heterocycles. The monoisotopic (exact) mass is 431 g/mol. The third-order valence-corrected chi connectivity index (χ3v) is 5.41. The zero-order valence-electron chi connectivity index (χ0n) is 19.2. The molecule has 4 nitrogen and oxygen atoms in total. The van der Waals surface area contributed by atoms with Gasteiger partial charge in [-0.05, 0) is 53.6 Å². The highest BCUT2D eigenvalue weighted by molar-refractivity contribution is 5.96. The quantitative estimate of drug-likeness (QED) is 0.388. The lowest BCUT2D eigenvalue weighted by Crippen LogP contribution is -2.30. The third kappa shape index (κ3) is 6.36. The van der Waals surface area contributed by atoms with Crippen LogP contribution in [0.1, 0.15) is 66.7 Å². The molecule has 0 bridgehead atoms. The predicted molar refractivity (Wildman–Crippen MR) is 129 cm³/mol. The van der Waals surface area contributed by atoms with E-state index in [2.05, 4.69) is 38.2 Å². The van der Waals surface area contributed by atoms with Crippen molar-refractivity contribution in [1.29, 1.82) is 0 Å². The van der Waals surface area contributed by atoms with Gasteiger partial charge in [0, 0.05) is 5.56 Å². The number of carbonyl (C=O) groups is 1. The zero-order chi connectivity index (χ0) is 22.9. The lowest BCUT2D eigenvalue weighted by Gasteiger charge is -2.22. The van der Waals surface area contributed by atoms with Crippen LogP contribution in [-0.2, 0) is 13.0 Å². The number of carbonyl (C=O) groups excluding carboxylic acids is 1. The van der Waals surface area contributed by atoms with E-state index in [-0.39, 0.29) is 24.3 Å². The Balaban J connectivity index is 1.82. The number of hydrogen-bond donors (Lipinski definition) is 2. The summed E-state index contributed by atoms with van der Waals surface area (Å²) in [6, 6.07) is 22.9. The van der Waals surface area contributed by atoms with Crippen LogP contribution in [0.3, 0.4) is 0 Å². The molecule has 3 rings (SSSR count). The van der Waals surface area contributed by atoms with Crippen molar-refractivity contribution < 1.29 is 14.6 Å². The lowest BCUT2D eigenvalue weighted by molar-refractivity contribution is 0.0930. The molecule has 2 N–H and O–H groups in total. The van der Waals surface area contributed by atoms with E-state index in [1.54, 1.807) is 18.2 Å². The minimum atomic E-state index is -0.0626. The molecule has 3 aromatic carbocycles. The van der Waals surface area contributed by atoms with Gasteiger partial charge < -0.3 is 15.2 Å². The number of aryl methyl sites for hydroxylation is 1. The first-order valence-corrected chi connectivity index (χ1v) is 11.4. The van der Waals surface area contributed by atoms with Gasteiger partial charge in [-0.2, -0.15) is 0 Å². The van der Waals surface area contributed by atoms with Crippen molar-refractivity contribution in [2.45, 2.75) is 52.7 Å². The molecule has 1 amide bonds. The highest BCUT2D eigenvalue weighted by Gasteiger charge is 2.19. The predicted octanol–water partition coefficient (Wildman–Crippen LogP) is 6.44. The maximum Gasteiger partial charge on any atom is 0.252 e. The molecule has 4 heteroatoms. The van der Waals surface area contributed by atoms with Gasteiger partial charge in [-0.1, -0.05) is 81.8 Å². The zero-order valence-corrected chi connectivity index (χ0v) is 19.2. The average molecular weight is 432 g/mol. The Morgan fingerprint density at radius 3 is 2.41 bits per heavy atom. The topological polar surface area (TPSA) is 58.6 Å². The minimum absolute atomic E-state index is 0.0423. The number of hydrogen-bond acceptors (Lipinski definition) is 3. The average Bonchev–Trinajstić information content (AvgIpc) is 2.79. The van der Waals surface area contributed by atoms with Crippen LogP contribution < -0.4 is 10.1 Å². The third-order valence-electron chi connectivity index (χ3n) is 5.41. The van der Waals surface area contributed by atoms with Crippen LogP contribution in [0.25, 0.3) is 0 Å². The molecular formula is C28H33NO3. The van der Waals surface area contributed by atoms with Gasteiger partial charge >= 0.3 is 0 Å². The minimum Gasteiger partial charge on any atom is -0.504 e. The number of phenolic OH excluding ortho intramolecular Hbond substituents is 1. The maximum absolute atomic E-state index is 13.4. The molecule has 168 valence electrons. The van der Waals surface area contributed by atoms with E-state index >= 15 is 0 Å². The summed E-state index contributed by atoms with van der Waals surface area (Å²) >= 11 is 0. The number of nitrogens with one attached hydrogen (secondary N) is 1. The molecule has 0 spiro atoms. The van der Waals surface area contributed by atoms with Crippen molar-refractivity contribution >= 4 is 5.91 Å². The van der Waals surface area contributed by atoms with Crippen LogP contribution in [0.5, 0.6) is 11.5 Å². The van der Waals surface area contributed by atoms with Crippen LogP contribution in [0.4, 0.5) is 0 Å². The standard InChI is InChI=1S/C28H33NO3/c1-4-10-22-16-15-21(19-32-27-14-9-8-13-26(27)30)18-24(22)28(31)29-25(17-20(2)3)23-11-6-5-7-12-23/h5-9,11-16,18,20,25,30H,4,10,17,19H2,1-3H3,(H,29,31). The van der Waals surface area contributed by atoms with Crippen LogP contribution in [0.2, 0.25) is 0 Å². The summed E-state index contributed by atoms with van der Waals surface area (Å²) in [5, 5.41) is 13.2. The molecule has 0 saturated carbocycles. The Morgan fingerprint density at radius 1 is 1.00 bits per heavy atom. The number of ether oxygens (including phenoxy) is 1. The van der Waals surface area contributed by atoms with E-state index < -0.39 is 0 Å². The molecule has 3 aromatic rings. The Kier molecular flexibility index (Phi) is 8.32. The molecule has 1 unspecified atom stereocenters. The SMILES string of the molecule is CCCc1ccc(COc2ccccc2O)cc1C(=O)NC(CC(C)C)c1ccccc1. The maximum atomic E-state index is 13.4. The van der Waals surface area contributed by atoms with E-state index in [4.69, 9.17) is 4.74 Å². The van der Waals surface area contributed by atoms with Gasteiger partial charge in [0.2, 0.25) is 0 Å². The van der Waals surface area contributed by atoms with E-state index in [0.29, 0.717) is 17.2 Å². The fraction of sp³-hybridized carbons (Fsp3) is 0.321. The van der Waals surface area contributed by atoms with Gasteiger partial charge in [0.25, 0.3) is 5.91 Å². The Morgan fingerprint density at radius 2 is 1.72 bits per heavy atom. The summed E-state index contributed by atoms with van der Waals surface area (Å²) in [7, 11) is 0. The normalized spacial score (nSPS) is 11.9. The van der Waals surface area contributed by atoms with Crippen molar-refractivity contribution in [2.24, 2.45) is 5.92 Å². The molecule has 0 radical (unpaired) electrons. The fourth-order valence-electron chi connectivity index (χ4n) is 3.82. The van der Waals surface area contributed by atoms with Crippen LogP contribution in [0, 0.1) is 5.92 Å². The Labute approximate surface area is 191 Å². The van der Waals surface area contributed by atoms with Gasteiger partial charge in [-0.25, -0.2) is 0 Å². The van der Waals surface area contributed by atoms with Crippen molar-refractivity contribution in [3.8, 4) is 11.5 Å². The van der Waals surface area contributed by atoms with Crippen molar-refractivity contribution in [2.75, 3.05) is 0 Å². The van der Waals surface area contributed by atoms with Gasteiger partial charge in [0.1, 0.15) is 6.61 Å². The summed E-state index contributed by atoms with van der Waals surface area (Å²) in [5.41, 5.74) is 3.73. The first-order chi connectivity index (χ1) is 15.5. The first kappa shape index (κ1) is 23.4. The van der Waals surface area contributed by atoms with Crippen LogP contribution in [-0.4, -0.2) is 11.0 Å². The molecule has 0 aliphatic rings. The number of rotatable bonds is 10. The lowest BCUT2D eigenvalue weighted by atomic mass is 9.95. The molecule has 0 saturated heterocycles. The number of phenols is 1.